The minimum Gasteiger partial charge on any atom is -0.236 e. The van der Waals surface area contributed by atoms with Crippen LogP contribution in [0.15, 0.2) is 158 Å². The van der Waals surface area contributed by atoms with E-state index in [4.69, 9.17) is 19.9 Å². The van der Waals surface area contributed by atoms with Gasteiger partial charge in [0, 0.05) is 42.4 Å². The molecule has 10 aromatic rings. The van der Waals surface area contributed by atoms with E-state index in [2.05, 4.69) is 133 Å². The Balaban J connectivity index is 1.12. The molecule has 7 aromatic carbocycles. The van der Waals surface area contributed by atoms with Gasteiger partial charge in [-0.15, -0.1) is 22.7 Å². The van der Waals surface area contributed by atoms with Gasteiger partial charge in [0.25, 0.3) is 0 Å². The molecule has 0 saturated carbocycles. The Morgan fingerprint density at radius 1 is 0.340 bits per heavy atom. The van der Waals surface area contributed by atoms with Gasteiger partial charge in [-0.25, -0.2) is 19.9 Å². The molecular formula is C44H26N4S2. The van der Waals surface area contributed by atoms with E-state index in [1.807, 2.05) is 24.3 Å². The second kappa shape index (κ2) is 11.8. The zero-order chi connectivity index (χ0) is 33.0. The van der Waals surface area contributed by atoms with Crippen LogP contribution in [0.25, 0.3) is 97.0 Å². The standard InChI is InChI=1S/C44H26N4S2/c1-4-12-27(13-5-1)35-23-32(22-30-18-10-11-19-33(30)35)43-47-41(28-14-6-2-7-15-28)46-42(48-43)31-20-21-34-36-25-40-37(26-39(36)49-38(34)24-31)45-44(50-40)29-16-8-3-9-17-29/h1-26H. The Morgan fingerprint density at radius 3 is 1.72 bits per heavy atom. The summed E-state index contributed by atoms with van der Waals surface area (Å²) in [7, 11) is 0. The van der Waals surface area contributed by atoms with Crippen LogP contribution in [-0.2, 0) is 0 Å². The number of hydrogen-bond donors (Lipinski definition) is 0. The molecule has 0 aliphatic heterocycles. The highest BCUT2D eigenvalue weighted by molar-refractivity contribution is 7.26. The van der Waals surface area contributed by atoms with Crippen molar-refractivity contribution in [3.8, 4) is 55.9 Å². The molecule has 0 fully saturated rings. The molecule has 50 heavy (non-hydrogen) atoms. The number of aromatic nitrogens is 4. The molecule has 0 aliphatic rings. The van der Waals surface area contributed by atoms with Gasteiger partial charge >= 0.3 is 0 Å². The molecule has 10 rings (SSSR count). The quantitative estimate of drug-likeness (QED) is 0.182. The fraction of sp³-hybridized carbons (Fsp3) is 0. The summed E-state index contributed by atoms with van der Waals surface area (Å²) in [5, 5.41) is 5.86. The van der Waals surface area contributed by atoms with Crippen molar-refractivity contribution in [2.45, 2.75) is 0 Å². The molecule has 6 heteroatoms. The average Bonchev–Trinajstić information content (AvgIpc) is 3.77. The maximum atomic E-state index is 5.15. The lowest BCUT2D eigenvalue weighted by Gasteiger charge is -2.12. The molecule has 3 heterocycles. The van der Waals surface area contributed by atoms with Crippen LogP contribution >= 0.6 is 22.7 Å². The second-order valence-electron chi connectivity index (χ2n) is 12.3. The van der Waals surface area contributed by atoms with Gasteiger partial charge in [-0.2, -0.15) is 0 Å². The van der Waals surface area contributed by atoms with E-state index in [1.54, 1.807) is 22.7 Å². The van der Waals surface area contributed by atoms with Gasteiger partial charge in [-0.1, -0.05) is 127 Å². The number of rotatable bonds is 5. The normalized spacial score (nSPS) is 11.6. The molecule has 0 aliphatic carbocycles. The van der Waals surface area contributed by atoms with Gasteiger partial charge in [0.1, 0.15) is 5.01 Å². The van der Waals surface area contributed by atoms with Crippen LogP contribution in [0, 0.1) is 0 Å². The van der Waals surface area contributed by atoms with Crippen molar-refractivity contribution in [2.75, 3.05) is 0 Å². The lowest BCUT2D eigenvalue weighted by atomic mass is 9.95. The monoisotopic (exact) mass is 674 g/mol. The highest BCUT2D eigenvalue weighted by Crippen LogP contribution is 2.41. The van der Waals surface area contributed by atoms with Gasteiger partial charge in [-0.3, -0.25) is 0 Å². The maximum absolute atomic E-state index is 5.15. The van der Waals surface area contributed by atoms with Crippen molar-refractivity contribution in [3.63, 3.8) is 0 Å². The Hall–Kier alpha value is -6.08. The third kappa shape index (κ3) is 5.05. The predicted molar refractivity (Wildman–Crippen MR) is 211 cm³/mol. The summed E-state index contributed by atoms with van der Waals surface area (Å²) in [5.41, 5.74) is 7.36. The first kappa shape index (κ1) is 28.9. The molecule has 0 saturated heterocycles. The van der Waals surface area contributed by atoms with E-state index < -0.39 is 0 Å². The predicted octanol–water partition coefficient (Wildman–Crippen LogP) is 12.3. The Labute approximate surface area is 296 Å². The molecule has 0 amide bonds. The minimum absolute atomic E-state index is 0.647. The number of fused-ring (bicyclic) bond motifs is 5. The zero-order valence-corrected chi connectivity index (χ0v) is 28.2. The van der Waals surface area contributed by atoms with Gasteiger partial charge in [-0.05, 0) is 52.2 Å². The van der Waals surface area contributed by atoms with Crippen molar-refractivity contribution in [1.82, 2.24) is 19.9 Å². The van der Waals surface area contributed by atoms with Gasteiger partial charge < -0.3 is 0 Å². The summed E-state index contributed by atoms with van der Waals surface area (Å²) < 4.78 is 3.61. The SMILES string of the molecule is c1ccc(-c2nc(-c3cc(-c4ccccc4)c4ccccc4c3)nc(-c3ccc4c(c3)sc3cc5nc(-c6ccccc6)sc5cc34)n2)cc1. The van der Waals surface area contributed by atoms with Crippen LogP contribution in [0.1, 0.15) is 0 Å². The van der Waals surface area contributed by atoms with E-state index in [0.29, 0.717) is 17.5 Å². The fourth-order valence-electron chi connectivity index (χ4n) is 6.69. The van der Waals surface area contributed by atoms with E-state index in [0.717, 1.165) is 49.3 Å². The summed E-state index contributed by atoms with van der Waals surface area (Å²) in [4.78, 5) is 20.3. The van der Waals surface area contributed by atoms with Crippen molar-refractivity contribution < 1.29 is 0 Å². The van der Waals surface area contributed by atoms with Crippen LogP contribution in [-0.4, -0.2) is 19.9 Å². The Kier molecular flexibility index (Phi) is 6.82. The molecule has 0 N–H and O–H groups in total. The minimum atomic E-state index is 0.647. The molecule has 234 valence electrons. The topological polar surface area (TPSA) is 51.6 Å². The van der Waals surface area contributed by atoms with Crippen LogP contribution in [0.2, 0.25) is 0 Å². The van der Waals surface area contributed by atoms with Gasteiger partial charge in [0.05, 0.1) is 10.2 Å². The van der Waals surface area contributed by atoms with Gasteiger partial charge in [0.2, 0.25) is 0 Å². The average molecular weight is 675 g/mol. The van der Waals surface area contributed by atoms with Crippen LogP contribution < -0.4 is 0 Å². The molecule has 3 aromatic heterocycles. The summed E-state index contributed by atoms with van der Waals surface area (Å²) in [6, 6.07) is 55.1. The largest absolute Gasteiger partial charge is 0.236 e. The van der Waals surface area contributed by atoms with Crippen molar-refractivity contribution >= 4 is 63.8 Å². The Bertz CT molecular complexity index is 2860. The first-order valence-electron chi connectivity index (χ1n) is 16.5. The molecule has 4 nitrogen and oxygen atoms in total. The van der Waals surface area contributed by atoms with Crippen LogP contribution in [0.3, 0.4) is 0 Å². The second-order valence-corrected chi connectivity index (χ2v) is 14.4. The maximum Gasteiger partial charge on any atom is 0.164 e. The van der Waals surface area contributed by atoms with Crippen LogP contribution in [0.4, 0.5) is 0 Å². The highest BCUT2D eigenvalue weighted by Gasteiger charge is 2.17. The fourth-order valence-corrected chi connectivity index (χ4v) is 8.84. The summed E-state index contributed by atoms with van der Waals surface area (Å²) in [6.07, 6.45) is 0. The van der Waals surface area contributed by atoms with E-state index >= 15 is 0 Å². The number of thiophene rings is 1. The smallest absolute Gasteiger partial charge is 0.164 e. The summed E-state index contributed by atoms with van der Waals surface area (Å²) in [5.74, 6) is 1.95. The van der Waals surface area contributed by atoms with Crippen LogP contribution in [0.5, 0.6) is 0 Å². The molecular weight excluding hydrogens is 649 g/mol. The number of benzene rings is 7. The molecule has 0 atom stereocenters. The highest BCUT2D eigenvalue weighted by atomic mass is 32.1. The number of thiazole rings is 1. The van der Waals surface area contributed by atoms with E-state index in [1.165, 1.54) is 30.3 Å². The Morgan fingerprint density at radius 2 is 0.960 bits per heavy atom. The molecule has 0 bridgehead atoms. The number of hydrogen-bond acceptors (Lipinski definition) is 6. The zero-order valence-electron chi connectivity index (χ0n) is 26.6. The van der Waals surface area contributed by atoms with Gasteiger partial charge in [0.15, 0.2) is 17.5 Å². The summed E-state index contributed by atoms with van der Waals surface area (Å²) >= 11 is 3.53. The summed E-state index contributed by atoms with van der Waals surface area (Å²) in [6.45, 7) is 0. The lowest BCUT2D eigenvalue weighted by molar-refractivity contribution is 1.08. The van der Waals surface area contributed by atoms with Crippen molar-refractivity contribution in [2.24, 2.45) is 0 Å². The van der Waals surface area contributed by atoms with E-state index in [9.17, 15) is 0 Å². The molecule has 0 radical (unpaired) electrons. The first-order valence-corrected chi connectivity index (χ1v) is 18.1. The molecule has 0 spiro atoms. The van der Waals surface area contributed by atoms with Crippen molar-refractivity contribution in [3.05, 3.63) is 158 Å². The number of nitrogens with zero attached hydrogens (tertiary/aromatic N) is 4. The van der Waals surface area contributed by atoms with Crippen molar-refractivity contribution in [1.29, 1.82) is 0 Å². The van der Waals surface area contributed by atoms with E-state index in [-0.39, 0.29) is 0 Å². The first-order chi connectivity index (χ1) is 24.7. The third-order valence-corrected chi connectivity index (χ3v) is 11.3. The molecule has 0 unspecified atom stereocenters. The third-order valence-electron chi connectivity index (χ3n) is 9.13. The lowest BCUT2D eigenvalue weighted by Crippen LogP contribution is -2.00.